The summed E-state index contributed by atoms with van der Waals surface area (Å²) in [6.45, 7) is 2.73. The molecule has 0 aromatic rings. The molecule has 2 aliphatic rings. The molecule has 5 nitrogen and oxygen atoms in total. The van der Waals surface area contributed by atoms with Gasteiger partial charge in [-0.2, -0.15) is 0 Å². The van der Waals surface area contributed by atoms with Crippen LogP contribution in [0.4, 0.5) is 4.79 Å². The third kappa shape index (κ3) is 3.83. The Morgan fingerprint density at radius 1 is 1.42 bits per heavy atom. The van der Waals surface area contributed by atoms with Crippen molar-refractivity contribution in [2.45, 2.75) is 44.2 Å². The normalized spacial score (nSPS) is 31.6. The number of carbonyl (C=O) groups excluding carboxylic acids is 1. The summed E-state index contributed by atoms with van der Waals surface area (Å²) in [5, 5.41) is 3.14. The van der Waals surface area contributed by atoms with E-state index in [0.29, 0.717) is 18.0 Å². The highest BCUT2D eigenvalue weighted by Crippen LogP contribution is 2.24. The predicted molar refractivity (Wildman–Crippen MR) is 77.0 cm³/mol. The van der Waals surface area contributed by atoms with Crippen molar-refractivity contribution in [3.63, 3.8) is 0 Å². The Kier molecular flexibility index (Phi) is 5.05. The molecule has 5 heteroatoms. The van der Waals surface area contributed by atoms with E-state index in [1.807, 2.05) is 11.9 Å². The zero-order valence-electron chi connectivity index (χ0n) is 12.3. The molecule has 2 amide bonds. The van der Waals surface area contributed by atoms with Gasteiger partial charge in [-0.3, -0.25) is 0 Å². The molecule has 3 atom stereocenters. The summed E-state index contributed by atoms with van der Waals surface area (Å²) >= 11 is 0. The van der Waals surface area contributed by atoms with Gasteiger partial charge in [-0.25, -0.2) is 4.79 Å². The molecule has 0 spiro atoms. The van der Waals surface area contributed by atoms with Crippen molar-refractivity contribution in [1.82, 2.24) is 15.1 Å². The zero-order valence-corrected chi connectivity index (χ0v) is 12.3. The highest BCUT2D eigenvalue weighted by atomic mass is 16.2. The number of urea groups is 1. The SMILES string of the molecule is CN(CC1CCCN1C)C(=O)NC1CCC(CN)C1. The topological polar surface area (TPSA) is 61.6 Å². The van der Waals surface area contributed by atoms with Crippen molar-refractivity contribution in [3.05, 3.63) is 0 Å². The maximum absolute atomic E-state index is 12.2. The van der Waals surface area contributed by atoms with Crippen LogP contribution < -0.4 is 11.1 Å². The van der Waals surface area contributed by atoms with Crippen LogP contribution in [0.1, 0.15) is 32.1 Å². The zero-order chi connectivity index (χ0) is 13.8. The van der Waals surface area contributed by atoms with Crippen LogP contribution in [0.2, 0.25) is 0 Å². The van der Waals surface area contributed by atoms with E-state index in [1.165, 1.54) is 12.8 Å². The van der Waals surface area contributed by atoms with Crippen LogP contribution in [0.15, 0.2) is 0 Å². The average Bonchev–Trinajstić information content (AvgIpc) is 2.99. The van der Waals surface area contributed by atoms with Gasteiger partial charge in [0.25, 0.3) is 0 Å². The van der Waals surface area contributed by atoms with Crippen LogP contribution in [0, 0.1) is 5.92 Å². The number of hydrogen-bond donors (Lipinski definition) is 2. The first-order chi connectivity index (χ1) is 9.10. The molecule has 19 heavy (non-hydrogen) atoms. The number of amides is 2. The molecule has 1 saturated carbocycles. The molecule has 110 valence electrons. The molecule has 1 aliphatic heterocycles. The van der Waals surface area contributed by atoms with Gasteiger partial charge in [-0.1, -0.05) is 0 Å². The van der Waals surface area contributed by atoms with E-state index in [0.717, 1.165) is 38.9 Å². The summed E-state index contributed by atoms with van der Waals surface area (Å²) in [6.07, 6.45) is 5.71. The Balaban J connectivity index is 1.73. The van der Waals surface area contributed by atoms with Crippen molar-refractivity contribution in [2.75, 3.05) is 33.7 Å². The number of carbonyl (C=O) groups is 1. The Hall–Kier alpha value is -0.810. The number of rotatable bonds is 4. The number of nitrogens with one attached hydrogen (secondary N) is 1. The summed E-state index contributed by atoms with van der Waals surface area (Å²) in [6, 6.07) is 0.920. The standard InChI is InChI=1S/C14H28N4O/c1-17-7-3-4-13(17)10-18(2)14(19)16-12-6-5-11(8-12)9-15/h11-13H,3-10,15H2,1-2H3,(H,16,19). The molecule has 0 aromatic carbocycles. The van der Waals surface area contributed by atoms with Gasteiger partial charge >= 0.3 is 6.03 Å². The van der Waals surface area contributed by atoms with Crippen LogP contribution in [0.25, 0.3) is 0 Å². The van der Waals surface area contributed by atoms with Crippen LogP contribution >= 0.6 is 0 Å². The van der Waals surface area contributed by atoms with Crippen LogP contribution in [0.5, 0.6) is 0 Å². The van der Waals surface area contributed by atoms with Crippen LogP contribution in [0.3, 0.4) is 0 Å². The van der Waals surface area contributed by atoms with Gasteiger partial charge in [0, 0.05) is 25.7 Å². The van der Waals surface area contributed by atoms with Gasteiger partial charge in [0.2, 0.25) is 0 Å². The maximum atomic E-state index is 12.2. The lowest BCUT2D eigenvalue weighted by Crippen LogP contribution is -2.46. The first-order valence-corrected chi connectivity index (χ1v) is 7.52. The van der Waals surface area contributed by atoms with Crippen molar-refractivity contribution in [3.8, 4) is 0 Å². The van der Waals surface area contributed by atoms with E-state index >= 15 is 0 Å². The minimum absolute atomic E-state index is 0.0722. The Labute approximate surface area is 116 Å². The van der Waals surface area contributed by atoms with Gasteiger partial charge in [-0.15, -0.1) is 0 Å². The number of hydrogen-bond acceptors (Lipinski definition) is 3. The molecule has 1 aliphatic carbocycles. The second kappa shape index (κ2) is 6.57. The third-order valence-electron chi connectivity index (χ3n) is 4.70. The Morgan fingerprint density at radius 2 is 2.21 bits per heavy atom. The van der Waals surface area contributed by atoms with Gasteiger partial charge in [0.15, 0.2) is 0 Å². The monoisotopic (exact) mass is 268 g/mol. The molecule has 1 saturated heterocycles. The van der Waals surface area contributed by atoms with E-state index in [1.54, 1.807) is 0 Å². The van der Waals surface area contributed by atoms with Crippen molar-refractivity contribution in [1.29, 1.82) is 0 Å². The largest absolute Gasteiger partial charge is 0.335 e. The van der Waals surface area contributed by atoms with Gasteiger partial charge in [0.05, 0.1) is 0 Å². The fourth-order valence-electron chi connectivity index (χ4n) is 3.31. The Morgan fingerprint density at radius 3 is 2.79 bits per heavy atom. The molecular weight excluding hydrogens is 240 g/mol. The lowest BCUT2D eigenvalue weighted by molar-refractivity contribution is 0.186. The smallest absolute Gasteiger partial charge is 0.317 e. The van der Waals surface area contributed by atoms with Crippen LogP contribution in [-0.4, -0.2) is 61.6 Å². The molecule has 0 bridgehead atoms. The summed E-state index contributed by atoms with van der Waals surface area (Å²) in [4.78, 5) is 16.3. The second-order valence-electron chi connectivity index (χ2n) is 6.22. The average molecular weight is 268 g/mol. The molecule has 1 heterocycles. The minimum atomic E-state index is 0.0722. The van der Waals surface area contributed by atoms with E-state index in [-0.39, 0.29) is 6.03 Å². The summed E-state index contributed by atoms with van der Waals surface area (Å²) in [5.41, 5.74) is 5.68. The van der Waals surface area contributed by atoms with Crippen molar-refractivity contribution >= 4 is 6.03 Å². The van der Waals surface area contributed by atoms with E-state index in [4.69, 9.17) is 5.73 Å². The third-order valence-corrected chi connectivity index (χ3v) is 4.70. The van der Waals surface area contributed by atoms with E-state index < -0.39 is 0 Å². The molecule has 2 rings (SSSR count). The number of likely N-dealkylation sites (N-methyl/N-ethyl adjacent to an activating group) is 2. The molecule has 3 unspecified atom stereocenters. The van der Waals surface area contributed by atoms with E-state index in [9.17, 15) is 4.79 Å². The highest BCUT2D eigenvalue weighted by Gasteiger charge is 2.27. The van der Waals surface area contributed by atoms with Crippen LogP contribution in [-0.2, 0) is 0 Å². The van der Waals surface area contributed by atoms with Crippen molar-refractivity contribution < 1.29 is 4.79 Å². The fraction of sp³-hybridized carbons (Fsp3) is 0.929. The minimum Gasteiger partial charge on any atom is -0.335 e. The first-order valence-electron chi connectivity index (χ1n) is 7.52. The first kappa shape index (κ1) is 14.6. The van der Waals surface area contributed by atoms with E-state index in [2.05, 4.69) is 17.3 Å². The van der Waals surface area contributed by atoms with Gasteiger partial charge in [0.1, 0.15) is 0 Å². The van der Waals surface area contributed by atoms with Gasteiger partial charge < -0.3 is 20.9 Å². The molecule has 3 N–H and O–H groups in total. The molecular formula is C14H28N4O. The number of likely N-dealkylation sites (tertiary alicyclic amines) is 1. The highest BCUT2D eigenvalue weighted by molar-refractivity contribution is 5.74. The molecule has 0 aromatic heterocycles. The molecule has 0 radical (unpaired) electrons. The van der Waals surface area contributed by atoms with Gasteiger partial charge in [-0.05, 0) is 58.2 Å². The lowest BCUT2D eigenvalue weighted by atomic mass is 10.1. The summed E-state index contributed by atoms with van der Waals surface area (Å²) < 4.78 is 0. The summed E-state index contributed by atoms with van der Waals surface area (Å²) in [7, 11) is 4.04. The molecule has 2 fully saturated rings. The number of nitrogens with zero attached hydrogens (tertiary/aromatic N) is 2. The quantitative estimate of drug-likeness (QED) is 0.794. The lowest BCUT2D eigenvalue weighted by Gasteiger charge is -2.27. The number of nitrogens with two attached hydrogens (primary N) is 1. The summed E-state index contributed by atoms with van der Waals surface area (Å²) in [5.74, 6) is 0.594. The van der Waals surface area contributed by atoms with Crippen molar-refractivity contribution in [2.24, 2.45) is 11.7 Å². The fourth-order valence-corrected chi connectivity index (χ4v) is 3.31. The maximum Gasteiger partial charge on any atom is 0.317 e. The Bertz CT molecular complexity index is 310. The predicted octanol–water partition coefficient (Wildman–Crippen LogP) is 0.849. The second-order valence-corrected chi connectivity index (χ2v) is 6.22.